The number of carbonyl (C=O) groups is 2. The summed E-state index contributed by atoms with van der Waals surface area (Å²) in [7, 11) is 0. The lowest BCUT2D eigenvalue weighted by Crippen LogP contribution is -2.18. The Kier molecular flexibility index (Phi) is 7.37. The summed E-state index contributed by atoms with van der Waals surface area (Å²) in [5.41, 5.74) is 2.73. The maximum Gasteiger partial charge on any atom is 0.265 e. The normalized spacial score (nSPS) is 10.9. The summed E-state index contributed by atoms with van der Waals surface area (Å²) in [6.45, 7) is 5.39. The van der Waals surface area contributed by atoms with Crippen LogP contribution in [0.2, 0.25) is 0 Å². The highest BCUT2D eigenvalue weighted by Crippen LogP contribution is 2.23. The Morgan fingerprint density at radius 2 is 1.70 bits per heavy atom. The molecule has 0 fully saturated rings. The number of hydrogen-bond acceptors (Lipinski definition) is 5. The zero-order valence-electron chi connectivity index (χ0n) is 15.6. The van der Waals surface area contributed by atoms with Gasteiger partial charge in [-0.1, -0.05) is 29.4 Å². The molecule has 142 valence electrons. The molecule has 0 unspecified atom stereocenters. The summed E-state index contributed by atoms with van der Waals surface area (Å²) in [6.07, 6.45) is 0. The highest BCUT2D eigenvalue weighted by molar-refractivity contribution is 5.99. The van der Waals surface area contributed by atoms with E-state index < -0.39 is 0 Å². The molecule has 0 heterocycles. The van der Waals surface area contributed by atoms with Crippen LogP contribution in [0.3, 0.4) is 0 Å². The predicted octanol–water partition coefficient (Wildman–Crippen LogP) is 3.42. The van der Waals surface area contributed by atoms with Crippen LogP contribution in [0.4, 0.5) is 11.4 Å². The number of para-hydroxylation sites is 2. The van der Waals surface area contributed by atoms with Gasteiger partial charge < -0.3 is 20.2 Å². The molecule has 0 aliphatic heterocycles. The van der Waals surface area contributed by atoms with Crippen molar-refractivity contribution in [3.8, 4) is 5.75 Å². The van der Waals surface area contributed by atoms with E-state index in [0.717, 1.165) is 5.56 Å². The molecule has 0 aliphatic carbocycles. The Balaban J connectivity index is 1.88. The predicted molar refractivity (Wildman–Crippen MR) is 105 cm³/mol. The second kappa shape index (κ2) is 9.96. The molecule has 0 bridgehead atoms. The van der Waals surface area contributed by atoms with Crippen LogP contribution in [0.25, 0.3) is 0 Å². The topological polar surface area (TPSA) is 89.0 Å². The molecular weight excluding hydrogens is 346 g/mol. The third kappa shape index (κ3) is 6.47. The smallest absolute Gasteiger partial charge is 0.265 e. The third-order valence-corrected chi connectivity index (χ3v) is 3.48. The van der Waals surface area contributed by atoms with Gasteiger partial charge in [0.25, 0.3) is 5.91 Å². The number of rotatable bonds is 8. The minimum Gasteiger partial charge on any atom is -0.492 e. The number of anilines is 2. The molecular formula is C20H23N3O4. The molecule has 2 aromatic carbocycles. The zero-order chi connectivity index (χ0) is 19.6. The maximum absolute atomic E-state index is 12.0. The van der Waals surface area contributed by atoms with Gasteiger partial charge in [0.15, 0.2) is 6.61 Å². The molecule has 2 aromatic rings. The van der Waals surface area contributed by atoms with Crippen LogP contribution in [0.5, 0.6) is 5.75 Å². The van der Waals surface area contributed by atoms with Gasteiger partial charge in [0.2, 0.25) is 5.91 Å². The highest BCUT2D eigenvalue weighted by Gasteiger charge is 2.08. The van der Waals surface area contributed by atoms with E-state index in [9.17, 15) is 9.59 Å². The second-order valence-corrected chi connectivity index (χ2v) is 5.69. The molecule has 0 aliphatic rings. The van der Waals surface area contributed by atoms with Gasteiger partial charge in [-0.15, -0.1) is 0 Å². The van der Waals surface area contributed by atoms with Crippen LogP contribution >= 0.6 is 0 Å². The van der Waals surface area contributed by atoms with E-state index in [0.29, 0.717) is 29.4 Å². The SMILES string of the molecule is CCOc1ccccc1NC(=O)CO/N=C(\C)c1ccc(NC(C)=O)cc1. The van der Waals surface area contributed by atoms with Crippen molar-refractivity contribution in [3.05, 3.63) is 54.1 Å². The van der Waals surface area contributed by atoms with E-state index in [1.54, 1.807) is 31.2 Å². The molecule has 2 amide bonds. The van der Waals surface area contributed by atoms with Crippen LogP contribution < -0.4 is 15.4 Å². The minimum absolute atomic E-state index is 0.131. The van der Waals surface area contributed by atoms with Crippen molar-refractivity contribution in [3.63, 3.8) is 0 Å². The van der Waals surface area contributed by atoms with Crippen LogP contribution in [0.1, 0.15) is 26.3 Å². The summed E-state index contributed by atoms with van der Waals surface area (Å²) in [6, 6.07) is 14.4. The number of oxime groups is 1. The molecule has 0 saturated carbocycles. The molecule has 2 N–H and O–H groups in total. The first-order valence-electron chi connectivity index (χ1n) is 8.56. The Morgan fingerprint density at radius 3 is 2.37 bits per heavy atom. The van der Waals surface area contributed by atoms with E-state index in [2.05, 4.69) is 15.8 Å². The average molecular weight is 369 g/mol. The fourth-order valence-electron chi connectivity index (χ4n) is 2.28. The average Bonchev–Trinajstić information content (AvgIpc) is 2.63. The zero-order valence-corrected chi connectivity index (χ0v) is 15.6. The maximum atomic E-state index is 12.0. The number of nitrogens with zero attached hydrogens (tertiary/aromatic N) is 1. The second-order valence-electron chi connectivity index (χ2n) is 5.69. The van der Waals surface area contributed by atoms with E-state index >= 15 is 0 Å². The van der Waals surface area contributed by atoms with Crippen molar-refractivity contribution in [2.45, 2.75) is 20.8 Å². The van der Waals surface area contributed by atoms with Crippen molar-refractivity contribution >= 4 is 28.9 Å². The number of carbonyl (C=O) groups excluding carboxylic acids is 2. The van der Waals surface area contributed by atoms with E-state index in [-0.39, 0.29) is 18.4 Å². The van der Waals surface area contributed by atoms with E-state index in [1.165, 1.54) is 6.92 Å². The Morgan fingerprint density at radius 1 is 1.00 bits per heavy atom. The summed E-state index contributed by atoms with van der Waals surface area (Å²) in [5, 5.41) is 9.39. The standard InChI is InChI=1S/C20H23N3O4/c1-4-26-19-8-6-5-7-18(19)22-20(25)13-27-23-14(2)16-9-11-17(12-10-16)21-15(3)24/h5-12H,4,13H2,1-3H3,(H,21,24)(H,22,25)/b23-14+. The van der Waals surface area contributed by atoms with Crippen molar-refractivity contribution in [2.75, 3.05) is 23.8 Å². The number of hydrogen-bond donors (Lipinski definition) is 2. The first-order valence-corrected chi connectivity index (χ1v) is 8.56. The molecule has 7 nitrogen and oxygen atoms in total. The van der Waals surface area contributed by atoms with Gasteiger partial charge in [0.1, 0.15) is 5.75 Å². The van der Waals surface area contributed by atoms with Gasteiger partial charge in [-0.25, -0.2) is 0 Å². The quantitative estimate of drug-likeness (QED) is 0.551. The lowest BCUT2D eigenvalue weighted by molar-refractivity contribution is -0.120. The summed E-state index contributed by atoms with van der Waals surface area (Å²) in [4.78, 5) is 28.2. The fourth-order valence-corrected chi connectivity index (χ4v) is 2.28. The molecule has 0 radical (unpaired) electrons. The number of amides is 2. The summed E-state index contributed by atoms with van der Waals surface area (Å²) >= 11 is 0. The van der Waals surface area contributed by atoms with Gasteiger partial charge in [0.05, 0.1) is 18.0 Å². The minimum atomic E-state index is -0.334. The Bertz CT molecular complexity index is 816. The van der Waals surface area contributed by atoms with Gasteiger partial charge in [0, 0.05) is 12.6 Å². The highest BCUT2D eigenvalue weighted by atomic mass is 16.6. The monoisotopic (exact) mass is 369 g/mol. The fraction of sp³-hybridized carbons (Fsp3) is 0.250. The largest absolute Gasteiger partial charge is 0.492 e. The van der Waals surface area contributed by atoms with Crippen molar-refractivity contribution < 1.29 is 19.2 Å². The van der Waals surface area contributed by atoms with Gasteiger partial charge in [-0.05, 0) is 43.7 Å². The molecule has 27 heavy (non-hydrogen) atoms. The Labute approximate surface area is 158 Å². The molecule has 0 atom stereocenters. The molecule has 0 aromatic heterocycles. The Hall–Kier alpha value is -3.35. The molecule has 7 heteroatoms. The van der Waals surface area contributed by atoms with Gasteiger partial charge >= 0.3 is 0 Å². The summed E-state index contributed by atoms with van der Waals surface area (Å²) < 4.78 is 5.46. The van der Waals surface area contributed by atoms with Crippen LogP contribution in [-0.4, -0.2) is 30.7 Å². The van der Waals surface area contributed by atoms with Crippen LogP contribution in [0.15, 0.2) is 53.7 Å². The molecule has 2 rings (SSSR count). The number of ether oxygens (including phenoxy) is 1. The third-order valence-electron chi connectivity index (χ3n) is 3.48. The first-order chi connectivity index (χ1) is 13.0. The first kappa shape index (κ1) is 20.0. The van der Waals surface area contributed by atoms with E-state index in [4.69, 9.17) is 9.57 Å². The van der Waals surface area contributed by atoms with Crippen molar-refractivity contribution in [2.24, 2.45) is 5.16 Å². The van der Waals surface area contributed by atoms with Crippen molar-refractivity contribution in [1.29, 1.82) is 0 Å². The lowest BCUT2D eigenvalue weighted by atomic mass is 10.1. The number of benzene rings is 2. The summed E-state index contributed by atoms with van der Waals surface area (Å²) in [5.74, 6) is 0.139. The number of nitrogens with one attached hydrogen (secondary N) is 2. The molecule has 0 spiro atoms. The van der Waals surface area contributed by atoms with Crippen LogP contribution in [-0.2, 0) is 14.4 Å². The molecule has 0 saturated heterocycles. The van der Waals surface area contributed by atoms with Crippen molar-refractivity contribution in [1.82, 2.24) is 0 Å². The van der Waals surface area contributed by atoms with Crippen LogP contribution in [0, 0.1) is 0 Å². The lowest BCUT2D eigenvalue weighted by Gasteiger charge is -2.10. The van der Waals surface area contributed by atoms with Gasteiger partial charge in [-0.2, -0.15) is 0 Å². The van der Waals surface area contributed by atoms with E-state index in [1.807, 2.05) is 31.2 Å². The van der Waals surface area contributed by atoms with Gasteiger partial charge in [-0.3, -0.25) is 9.59 Å².